The maximum Gasteiger partial charge on any atom is 0.249 e. The Kier molecular flexibility index (Phi) is 6.28. The third kappa shape index (κ3) is 3.91. The number of carbonyl (C=O) groups is 1. The van der Waals surface area contributed by atoms with Gasteiger partial charge in [0, 0.05) is 6.54 Å². The molecular formula is C17H26N2O5. The van der Waals surface area contributed by atoms with Crippen LogP contribution >= 0.6 is 0 Å². The molecule has 24 heavy (non-hydrogen) atoms. The molecule has 1 aromatic rings. The molecule has 1 fully saturated rings. The van der Waals surface area contributed by atoms with Crippen molar-refractivity contribution in [3.8, 4) is 17.2 Å². The summed E-state index contributed by atoms with van der Waals surface area (Å²) < 4.78 is 21.6. The molecule has 1 aliphatic heterocycles. The molecule has 134 valence electrons. The van der Waals surface area contributed by atoms with Gasteiger partial charge in [0.15, 0.2) is 11.5 Å². The van der Waals surface area contributed by atoms with Gasteiger partial charge in [0.2, 0.25) is 11.7 Å². The summed E-state index contributed by atoms with van der Waals surface area (Å²) in [4.78, 5) is 12.4. The highest BCUT2D eigenvalue weighted by atomic mass is 16.5. The summed E-state index contributed by atoms with van der Waals surface area (Å²) in [6.45, 7) is 2.33. The van der Waals surface area contributed by atoms with Crippen molar-refractivity contribution >= 4 is 5.91 Å². The van der Waals surface area contributed by atoms with Crippen molar-refractivity contribution in [1.82, 2.24) is 5.32 Å². The Labute approximate surface area is 142 Å². The van der Waals surface area contributed by atoms with Crippen molar-refractivity contribution in [3.05, 3.63) is 17.7 Å². The first-order chi connectivity index (χ1) is 11.5. The van der Waals surface area contributed by atoms with Gasteiger partial charge in [-0.25, -0.2) is 0 Å². The Morgan fingerprint density at radius 2 is 1.88 bits per heavy atom. The van der Waals surface area contributed by atoms with Gasteiger partial charge >= 0.3 is 0 Å². The zero-order chi connectivity index (χ0) is 17.7. The van der Waals surface area contributed by atoms with Crippen LogP contribution in [-0.2, 0) is 9.53 Å². The maximum atomic E-state index is 12.4. The fraction of sp³-hybridized carbons (Fsp3) is 0.588. The summed E-state index contributed by atoms with van der Waals surface area (Å²) in [5.41, 5.74) is 6.44. The molecule has 7 nitrogen and oxygen atoms in total. The van der Waals surface area contributed by atoms with Crippen LogP contribution in [0.5, 0.6) is 17.2 Å². The Hall–Kier alpha value is -1.99. The van der Waals surface area contributed by atoms with E-state index >= 15 is 0 Å². The van der Waals surface area contributed by atoms with Crippen LogP contribution in [0.25, 0.3) is 0 Å². The lowest BCUT2D eigenvalue weighted by Gasteiger charge is -2.20. The summed E-state index contributed by atoms with van der Waals surface area (Å²) in [6, 6.07) is 3.42. The molecule has 0 aliphatic carbocycles. The molecule has 0 bridgehead atoms. The van der Waals surface area contributed by atoms with E-state index in [1.807, 2.05) is 19.1 Å². The van der Waals surface area contributed by atoms with Crippen molar-refractivity contribution in [2.45, 2.75) is 38.0 Å². The Morgan fingerprint density at radius 1 is 1.25 bits per heavy atom. The van der Waals surface area contributed by atoms with E-state index in [1.165, 1.54) is 0 Å². The highest BCUT2D eigenvalue weighted by molar-refractivity contribution is 5.81. The molecule has 1 heterocycles. The third-order valence-corrected chi connectivity index (χ3v) is 4.21. The SMILES string of the molecule is COc1cc(C(C)NC(=O)[C@@H]2CC[C@H](CN)O2)cc(OC)c1OC. The Morgan fingerprint density at radius 3 is 2.33 bits per heavy atom. The fourth-order valence-electron chi connectivity index (χ4n) is 2.81. The van der Waals surface area contributed by atoms with Crippen molar-refractivity contribution in [2.24, 2.45) is 5.73 Å². The minimum absolute atomic E-state index is 0.0303. The molecule has 2 rings (SSSR count). The predicted octanol–water partition coefficient (Wildman–Crippen LogP) is 1.40. The quantitative estimate of drug-likeness (QED) is 0.781. The first-order valence-electron chi connectivity index (χ1n) is 7.99. The number of hydrogen-bond donors (Lipinski definition) is 2. The van der Waals surface area contributed by atoms with Crippen LogP contribution in [0.3, 0.4) is 0 Å². The van der Waals surface area contributed by atoms with Crippen LogP contribution in [0, 0.1) is 0 Å². The molecule has 3 N–H and O–H groups in total. The van der Waals surface area contributed by atoms with E-state index in [2.05, 4.69) is 5.32 Å². The topological polar surface area (TPSA) is 92.0 Å². The van der Waals surface area contributed by atoms with Crippen LogP contribution in [0.15, 0.2) is 12.1 Å². The molecule has 3 atom stereocenters. The standard InChI is InChI=1S/C17H26N2O5/c1-10(19-17(20)13-6-5-12(9-18)24-13)11-7-14(21-2)16(23-4)15(8-11)22-3/h7-8,10,12-13H,5-6,9,18H2,1-4H3,(H,19,20)/t10?,12-,13+/m1/s1. The smallest absolute Gasteiger partial charge is 0.249 e. The first kappa shape index (κ1) is 18.4. The predicted molar refractivity (Wildman–Crippen MR) is 89.6 cm³/mol. The number of nitrogens with one attached hydrogen (secondary N) is 1. The molecule has 1 unspecified atom stereocenters. The number of amides is 1. The molecule has 0 spiro atoms. The lowest BCUT2D eigenvalue weighted by molar-refractivity contribution is -0.132. The second kappa shape index (κ2) is 8.21. The van der Waals surface area contributed by atoms with Gasteiger partial charge in [0.1, 0.15) is 6.10 Å². The molecule has 1 saturated heterocycles. The number of nitrogens with two attached hydrogens (primary N) is 1. The highest BCUT2D eigenvalue weighted by Gasteiger charge is 2.30. The Balaban J connectivity index is 2.11. The summed E-state index contributed by atoms with van der Waals surface area (Å²) in [5.74, 6) is 1.49. The van der Waals surface area contributed by atoms with Gasteiger partial charge in [-0.05, 0) is 37.5 Å². The Bertz CT molecular complexity index is 553. The average Bonchev–Trinajstić information content (AvgIpc) is 3.09. The lowest BCUT2D eigenvalue weighted by Crippen LogP contribution is -2.37. The van der Waals surface area contributed by atoms with Gasteiger partial charge < -0.3 is 30.0 Å². The largest absolute Gasteiger partial charge is 0.493 e. The van der Waals surface area contributed by atoms with E-state index in [0.717, 1.165) is 12.0 Å². The lowest BCUT2D eigenvalue weighted by atomic mass is 10.1. The van der Waals surface area contributed by atoms with Gasteiger partial charge in [0.05, 0.1) is 33.5 Å². The van der Waals surface area contributed by atoms with Gasteiger partial charge in [0.25, 0.3) is 0 Å². The minimum atomic E-state index is -0.442. The summed E-state index contributed by atoms with van der Waals surface area (Å²) in [5, 5.41) is 2.97. The molecule has 1 aromatic carbocycles. The zero-order valence-electron chi connectivity index (χ0n) is 14.6. The molecule has 0 saturated carbocycles. The molecule has 7 heteroatoms. The fourth-order valence-corrected chi connectivity index (χ4v) is 2.81. The van der Waals surface area contributed by atoms with Crippen molar-refractivity contribution in [3.63, 3.8) is 0 Å². The number of benzene rings is 1. The van der Waals surface area contributed by atoms with E-state index < -0.39 is 6.10 Å². The third-order valence-electron chi connectivity index (χ3n) is 4.21. The van der Waals surface area contributed by atoms with E-state index in [-0.39, 0.29) is 18.1 Å². The van der Waals surface area contributed by atoms with Crippen LogP contribution in [0.1, 0.15) is 31.4 Å². The minimum Gasteiger partial charge on any atom is -0.493 e. The van der Waals surface area contributed by atoms with Gasteiger partial charge in [-0.3, -0.25) is 4.79 Å². The monoisotopic (exact) mass is 338 g/mol. The van der Waals surface area contributed by atoms with Crippen molar-refractivity contribution in [1.29, 1.82) is 0 Å². The molecule has 0 aromatic heterocycles. The first-order valence-corrected chi connectivity index (χ1v) is 7.99. The van der Waals surface area contributed by atoms with E-state index in [1.54, 1.807) is 21.3 Å². The number of methoxy groups -OCH3 is 3. The van der Waals surface area contributed by atoms with Crippen molar-refractivity contribution < 1.29 is 23.7 Å². The maximum absolute atomic E-state index is 12.4. The van der Waals surface area contributed by atoms with E-state index in [0.29, 0.717) is 30.2 Å². The molecular weight excluding hydrogens is 312 g/mol. The second-order valence-electron chi connectivity index (χ2n) is 5.75. The van der Waals surface area contributed by atoms with Crippen LogP contribution < -0.4 is 25.3 Å². The van der Waals surface area contributed by atoms with Crippen LogP contribution in [0.4, 0.5) is 0 Å². The highest BCUT2D eigenvalue weighted by Crippen LogP contribution is 2.39. The van der Waals surface area contributed by atoms with Gasteiger partial charge in [-0.2, -0.15) is 0 Å². The van der Waals surface area contributed by atoms with Crippen LogP contribution in [0.2, 0.25) is 0 Å². The molecule has 0 radical (unpaired) electrons. The van der Waals surface area contributed by atoms with Crippen molar-refractivity contribution in [2.75, 3.05) is 27.9 Å². The summed E-state index contributed by atoms with van der Waals surface area (Å²) >= 11 is 0. The average molecular weight is 338 g/mol. The number of carbonyl (C=O) groups excluding carboxylic acids is 1. The molecule has 1 aliphatic rings. The van der Waals surface area contributed by atoms with E-state index in [4.69, 9.17) is 24.7 Å². The number of rotatable bonds is 7. The summed E-state index contributed by atoms with van der Waals surface area (Å²) in [7, 11) is 4.67. The van der Waals surface area contributed by atoms with Gasteiger partial charge in [-0.1, -0.05) is 0 Å². The summed E-state index contributed by atoms with van der Waals surface area (Å²) in [6.07, 6.45) is 1.03. The van der Waals surface area contributed by atoms with Crippen LogP contribution in [-0.4, -0.2) is 46.0 Å². The zero-order valence-corrected chi connectivity index (χ0v) is 14.6. The van der Waals surface area contributed by atoms with Gasteiger partial charge in [-0.15, -0.1) is 0 Å². The number of ether oxygens (including phenoxy) is 4. The number of hydrogen-bond acceptors (Lipinski definition) is 6. The van der Waals surface area contributed by atoms with E-state index in [9.17, 15) is 4.79 Å². The molecule has 1 amide bonds. The second-order valence-corrected chi connectivity index (χ2v) is 5.75. The normalized spacial score (nSPS) is 21.2.